The Labute approximate surface area is 185 Å². The van der Waals surface area contributed by atoms with Gasteiger partial charge in [-0.15, -0.1) is 5.10 Å². The van der Waals surface area contributed by atoms with Crippen molar-refractivity contribution >= 4 is 34.3 Å². The van der Waals surface area contributed by atoms with Crippen LogP contribution in [0.3, 0.4) is 0 Å². The molecule has 6 rings (SSSR count). The summed E-state index contributed by atoms with van der Waals surface area (Å²) < 4.78 is 39.3. The Morgan fingerprint density at radius 1 is 1.28 bits per heavy atom. The van der Waals surface area contributed by atoms with Crippen molar-refractivity contribution in [3.05, 3.63) is 28.8 Å². The summed E-state index contributed by atoms with van der Waals surface area (Å²) in [6.07, 6.45) is 1.89. The van der Waals surface area contributed by atoms with Gasteiger partial charge < -0.3 is 10.1 Å². The van der Waals surface area contributed by atoms with Gasteiger partial charge in [-0.2, -0.15) is 15.2 Å². The Kier molecular flexibility index (Phi) is 4.01. The number of aryl methyl sites for hydroxylation is 3. The summed E-state index contributed by atoms with van der Waals surface area (Å²) in [4.78, 5) is 8.85. The van der Waals surface area contributed by atoms with Gasteiger partial charge in [-0.05, 0) is 6.92 Å². The van der Waals surface area contributed by atoms with Crippen LogP contribution in [-0.2, 0) is 13.6 Å². The average Bonchev–Trinajstić information content (AvgIpc) is 3.01. The molecule has 1 aliphatic heterocycles. The van der Waals surface area contributed by atoms with E-state index in [2.05, 4.69) is 30.6 Å². The first kappa shape index (κ1) is 19.4. The monoisotopic (exact) mass is 461 g/mol. The fourth-order valence-electron chi connectivity index (χ4n) is 4.06. The molecule has 0 radical (unpaired) electrons. The van der Waals surface area contributed by atoms with Gasteiger partial charge in [0.15, 0.2) is 16.6 Å². The summed E-state index contributed by atoms with van der Waals surface area (Å²) in [6.45, 7) is 2.65. The lowest BCUT2D eigenvalue weighted by Gasteiger charge is -2.10. The molecular formula is C19H18ClF2N9O. The number of rotatable bonds is 2. The highest BCUT2D eigenvalue weighted by atomic mass is 35.5. The molecule has 1 unspecified atom stereocenters. The number of hydrogen-bond donors (Lipinski definition) is 1. The molecule has 32 heavy (non-hydrogen) atoms. The number of halogens is 3. The van der Waals surface area contributed by atoms with E-state index in [4.69, 9.17) is 16.3 Å². The van der Waals surface area contributed by atoms with Crippen molar-refractivity contribution in [2.24, 2.45) is 7.05 Å². The van der Waals surface area contributed by atoms with Crippen LogP contribution in [0.2, 0.25) is 5.15 Å². The third-order valence-electron chi connectivity index (χ3n) is 5.67. The highest BCUT2D eigenvalue weighted by Gasteiger charge is 2.60. The van der Waals surface area contributed by atoms with E-state index in [0.29, 0.717) is 53.0 Å². The van der Waals surface area contributed by atoms with E-state index in [1.165, 1.54) is 4.68 Å². The maximum atomic E-state index is 14.3. The SMILES string of the molecule is Cc1cc(-n2nc3c(c2C2CC2(F)F)Nc2ncc4c(Cl)nn(c4n2)CCCO3)n(C)n1. The molecule has 0 aromatic carbocycles. The van der Waals surface area contributed by atoms with Gasteiger partial charge in [0.2, 0.25) is 5.95 Å². The summed E-state index contributed by atoms with van der Waals surface area (Å²) in [6, 6.07) is 1.79. The van der Waals surface area contributed by atoms with Gasteiger partial charge in [-0.1, -0.05) is 11.6 Å². The van der Waals surface area contributed by atoms with Gasteiger partial charge >= 0.3 is 0 Å². The molecule has 10 nitrogen and oxygen atoms in total. The first-order valence-electron chi connectivity index (χ1n) is 10.1. The second-order valence-corrected chi connectivity index (χ2v) is 8.39. The van der Waals surface area contributed by atoms with Crippen molar-refractivity contribution in [3.8, 4) is 11.7 Å². The van der Waals surface area contributed by atoms with E-state index in [1.807, 2.05) is 6.92 Å². The lowest BCUT2D eigenvalue weighted by Crippen LogP contribution is -2.10. The molecule has 2 aliphatic rings. The maximum absolute atomic E-state index is 14.3. The first-order chi connectivity index (χ1) is 15.3. The predicted octanol–water partition coefficient (Wildman–Crippen LogP) is 3.36. The molecule has 1 N–H and O–H groups in total. The normalized spacial score (nSPS) is 19.3. The second kappa shape index (κ2) is 6.61. The maximum Gasteiger partial charge on any atom is 0.257 e. The largest absolute Gasteiger partial charge is 0.475 e. The molecule has 4 aromatic heterocycles. The lowest BCUT2D eigenvalue weighted by molar-refractivity contribution is 0.111. The van der Waals surface area contributed by atoms with E-state index >= 15 is 0 Å². The van der Waals surface area contributed by atoms with Crippen LogP contribution in [0.4, 0.5) is 20.4 Å². The molecule has 166 valence electrons. The summed E-state index contributed by atoms with van der Waals surface area (Å²) in [7, 11) is 1.74. The highest BCUT2D eigenvalue weighted by Crippen LogP contribution is 2.59. The second-order valence-electron chi connectivity index (χ2n) is 8.03. The Balaban J connectivity index is 1.55. The Bertz CT molecular complexity index is 1380. The van der Waals surface area contributed by atoms with E-state index < -0.39 is 11.8 Å². The van der Waals surface area contributed by atoms with Crippen LogP contribution in [0.1, 0.15) is 30.1 Å². The van der Waals surface area contributed by atoms with Gasteiger partial charge in [0, 0.05) is 38.7 Å². The molecule has 0 spiro atoms. The standard InChI is InChI=1S/C19H18ClF2N9O/c1-9-6-12(29(2)26-9)31-14(11-7-19(11,21)22)13-17(28-31)32-5-3-4-30-16-10(15(20)27-30)8-23-18(24-13)25-16/h6,8,11H,3-5,7H2,1-2H3,(H,23,24,25). The molecule has 1 aliphatic carbocycles. The molecular weight excluding hydrogens is 444 g/mol. The van der Waals surface area contributed by atoms with Crippen LogP contribution in [0, 0.1) is 6.92 Å². The number of alkyl halides is 2. The molecule has 13 heteroatoms. The van der Waals surface area contributed by atoms with Crippen LogP contribution >= 0.6 is 11.6 Å². The van der Waals surface area contributed by atoms with Crippen LogP contribution < -0.4 is 10.1 Å². The molecule has 1 atom stereocenters. The minimum Gasteiger partial charge on any atom is -0.475 e. The van der Waals surface area contributed by atoms with E-state index in [0.717, 1.165) is 5.69 Å². The van der Waals surface area contributed by atoms with Crippen molar-refractivity contribution in [2.75, 3.05) is 11.9 Å². The topological polar surface area (TPSA) is 101 Å². The quantitative estimate of drug-likeness (QED) is 0.488. The number of hydrogen-bond acceptors (Lipinski definition) is 7. The third-order valence-corrected chi connectivity index (χ3v) is 5.95. The van der Waals surface area contributed by atoms with Crippen molar-refractivity contribution in [1.29, 1.82) is 0 Å². The lowest BCUT2D eigenvalue weighted by atomic mass is 10.2. The zero-order valence-electron chi connectivity index (χ0n) is 17.2. The van der Waals surface area contributed by atoms with Crippen LogP contribution in [-0.4, -0.2) is 51.8 Å². The van der Waals surface area contributed by atoms with Crippen molar-refractivity contribution in [2.45, 2.75) is 38.2 Å². The van der Waals surface area contributed by atoms with Crippen LogP contribution in [0.25, 0.3) is 16.9 Å². The van der Waals surface area contributed by atoms with E-state index in [-0.39, 0.29) is 18.2 Å². The first-order valence-corrected chi connectivity index (χ1v) is 10.5. The zero-order valence-corrected chi connectivity index (χ0v) is 17.9. The molecule has 4 aromatic rings. The van der Waals surface area contributed by atoms with E-state index in [1.54, 1.807) is 28.7 Å². The van der Waals surface area contributed by atoms with Crippen molar-refractivity contribution in [3.63, 3.8) is 0 Å². The van der Waals surface area contributed by atoms with E-state index in [9.17, 15) is 8.78 Å². The number of nitrogens with zero attached hydrogens (tertiary/aromatic N) is 8. The summed E-state index contributed by atoms with van der Waals surface area (Å²) in [5.74, 6) is -2.86. The van der Waals surface area contributed by atoms with Gasteiger partial charge in [0.05, 0.1) is 29.3 Å². The molecule has 1 saturated carbocycles. The Hall–Kier alpha value is -3.28. The fourth-order valence-corrected chi connectivity index (χ4v) is 4.29. The zero-order chi connectivity index (χ0) is 22.2. The predicted molar refractivity (Wildman–Crippen MR) is 111 cm³/mol. The number of fused-ring (bicyclic) bond motifs is 2. The molecule has 0 amide bonds. The van der Waals surface area contributed by atoms with Gasteiger partial charge in [0.1, 0.15) is 5.69 Å². The van der Waals surface area contributed by atoms with Gasteiger partial charge in [-0.25, -0.2) is 23.1 Å². The summed E-state index contributed by atoms with van der Waals surface area (Å²) in [5.41, 5.74) is 1.94. The highest BCUT2D eigenvalue weighted by molar-refractivity contribution is 6.34. The average molecular weight is 462 g/mol. The molecule has 0 saturated heterocycles. The number of anilines is 2. The molecule has 5 heterocycles. The van der Waals surface area contributed by atoms with Gasteiger partial charge in [0.25, 0.3) is 11.8 Å². The van der Waals surface area contributed by atoms with Crippen LogP contribution in [0.15, 0.2) is 12.3 Å². The number of aromatic nitrogens is 8. The minimum absolute atomic E-state index is 0.211. The summed E-state index contributed by atoms with van der Waals surface area (Å²) >= 11 is 6.21. The van der Waals surface area contributed by atoms with Gasteiger partial charge in [-0.3, -0.25) is 4.68 Å². The van der Waals surface area contributed by atoms with Crippen LogP contribution in [0.5, 0.6) is 5.88 Å². The minimum atomic E-state index is -2.83. The molecule has 2 bridgehead atoms. The molecule has 1 fully saturated rings. The summed E-state index contributed by atoms with van der Waals surface area (Å²) in [5, 5.41) is 17.2. The Morgan fingerprint density at radius 2 is 2.09 bits per heavy atom. The number of nitrogens with one attached hydrogen (secondary N) is 1. The number of ether oxygens (including phenoxy) is 1. The van der Waals surface area contributed by atoms with Crippen molar-refractivity contribution in [1.82, 2.24) is 39.3 Å². The fraction of sp³-hybridized carbons (Fsp3) is 0.421. The third kappa shape index (κ3) is 2.93. The smallest absolute Gasteiger partial charge is 0.257 e. The Morgan fingerprint density at radius 3 is 2.81 bits per heavy atom. The van der Waals surface area contributed by atoms with Crippen molar-refractivity contribution < 1.29 is 13.5 Å².